The topological polar surface area (TPSA) is 18.5 Å². The van der Waals surface area contributed by atoms with Crippen molar-refractivity contribution < 1.29 is 9.47 Å². The van der Waals surface area contributed by atoms with Gasteiger partial charge in [-0.2, -0.15) is 0 Å². The molecule has 0 aliphatic heterocycles. The Hall–Kier alpha value is -1.18. The Bertz CT molecular complexity index is 214. The maximum absolute atomic E-state index is 5.43. The zero-order valence-electron chi connectivity index (χ0n) is 8.88. The molecule has 0 atom stereocenters. The molecule has 0 amide bonds. The Balaban J connectivity index is 2.42. The molecule has 0 spiro atoms. The fourth-order valence-electron chi connectivity index (χ4n) is 1.01. The summed E-state index contributed by atoms with van der Waals surface area (Å²) in [5.74, 6) is 1.64. The minimum atomic E-state index is 0.742. The third-order valence-corrected chi connectivity index (χ3v) is 1.69. The first kappa shape index (κ1) is 10.9. The molecule has 1 radical (unpaired) electrons. The molecule has 0 aliphatic rings. The predicted octanol–water partition coefficient (Wildman–Crippen LogP) is 3.06. The molecular formula is C12H17O2. The van der Waals surface area contributed by atoms with Gasteiger partial charge in [-0.3, -0.25) is 0 Å². The van der Waals surface area contributed by atoms with Gasteiger partial charge in [0, 0.05) is 6.07 Å². The van der Waals surface area contributed by atoms with Gasteiger partial charge in [-0.1, -0.05) is 13.8 Å². The average Bonchev–Trinajstić information content (AvgIpc) is 2.25. The molecule has 1 aromatic rings. The molecule has 2 heteroatoms. The van der Waals surface area contributed by atoms with Crippen molar-refractivity contribution in [1.29, 1.82) is 0 Å². The van der Waals surface area contributed by atoms with Crippen molar-refractivity contribution in [2.24, 2.45) is 0 Å². The van der Waals surface area contributed by atoms with Crippen LogP contribution in [0.15, 0.2) is 18.2 Å². The summed E-state index contributed by atoms with van der Waals surface area (Å²) < 4.78 is 10.8. The summed E-state index contributed by atoms with van der Waals surface area (Å²) in [6.07, 6.45) is 2.04. The molecule has 0 saturated carbocycles. The Kier molecular flexibility index (Phi) is 4.90. The number of benzene rings is 1. The summed E-state index contributed by atoms with van der Waals surface area (Å²) in [6, 6.07) is 8.66. The molecular weight excluding hydrogens is 176 g/mol. The first-order valence-electron chi connectivity index (χ1n) is 5.14. The van der Waals surface area contributed by atoms with E-state index in [0.717, 1.165) is 37.6 Å². The number of hydrogen-bond acceptors (Lipinski definition) is 2. The van der Waals surface area contributed by atoms with E-state index >= 15 is 0 Å². The van der Waals surface area contributed by atoms with Crippen molar-refractivity contribution in [3.63, 3.8) is 0 Å². The van der Waals surface area contributed by atoms with Crippen molar-refractivity contribution in [1.82, 2.24) is 0 Å². The lowest BCUT2D eigenvalue weighted by atomic mass is 10.3. The molecule has 0 fully saturated rings. The fraction of sp³-hybridized carbons (Fsp3) is 0.500. The molecule has 0 aromatic heterocycles. The Morgan fingerprint density at radius 1 is 1.07 bits per heavy atom. The van der Waals surface area contributed by atoms with Gasteiger partial charge in [0.2, 0.25) is 0 Å². The minimum Gasteiger partial charge on any atom is -0.494 e. The largest absolute Gasteiger partial charge is 0.494 e. The standard InChI is InChI=1S/C12H17O2/c1-3-9-13-11-5-7-12(8-6-11)14-10-4-2/h5-7H,3-4,9-10H2,1-2H3. The molecule has 77 valence electrons. The van der Waals surface area contributed by atoms with E-state index in [1.165, 1.54) is 0 Å². The van der Waals surface area contributed by atoms with Crippen LogP contribution in [0.5, 0.6) is 11.5 Å². The van der Waals surface area contributed by atoms with Crippen LogP contribution in [-0.4, -0.2) is 13.2 Å². The van der Waals surface area contributed by atoms with E-state index in [-0.39, 0.29) is 0 Å². The van der Waals surface area contributed by atoms with E-state index in [0.29, 0.717) is 0 Å². The molecule has 0 saturated heterocycles. The van der Waals surface area contributed by atoms with Gasteiger partial charge in [0.1, 0.15) is 11.5 Å². The zero-order chi connectivity index (χ0) is 10.2. The molecule has 14 heavy (non-hydrogen) atoms. The van der Waals surface area contributed by atoms with E-state index < -0.39 is 0 Å². The summed E-state index contributed by atoms with van der Waals surface area (Å²) in [4.78, 5) is 0. The Morgan fingerprint density at radius 3 is 2.36 bits per heavy atom. The van der Waals surface area contributed by atoms with Crippen LogP contribution in [-0.2, 0) is 0 Å². The lowest BCUT2D eigenvalue weighted by Gasteiger charge is -2.06. The van der Waals surface area contributed by atoms with E-state index in [4.69, 9.17) is 9.47 Å². The maximum Gasteiger partial charge on any atom is 0.127 e. The monoisotopic (exact) mass is 193 g/mol. The number of hydrogen-bond donors (Lipinski definition) is 0. The van der Waals surface area contributed by atoms with Gasteiger partial charge < -0.3 is 9.47 Å². The van der Waals surface area contributed by atoms with E-state index in [9.17, 15) is 0 Å². The van der Waals surface area contributed by atoms with Crippen LogP contribution >= 0.6 is 0 Å². The van der Waals surface area contributed by atoms with Crippen molar-refractivity contribution in [2.75, 3.05) is 13.2 Å². The van der Waals surface area contributed by atoms with Gasteiger partial charge >= 0.3 is 0 Å². The smallest absolute Gasteiger partial charge is 0.127 e. The fourth-order valence-corrected chi connectivity index (χ4v) is 1.01. The van der Waals surface area contributed by atoms with Gasteiger partial charge in [0.15, 0.2) is 0 Å². The highest BCUT2D eigenvalue weighted by molar-refractivity contribution is 5.29. The highest BCUT2D eigenvalue weighted by Gasteiger charge is 1.95. The maximum atomic E-state index is 5.43. The van der Waals surface area contributed by atoms with Crippen molar-refractivity contribution >= 4 is 0 Å². The zero-order valence-corrected chi connectivity index (χ0v) is 8.88. The summed E-state index contributed by atoms with van der Waals surface area (Å²) in [6.45, 7) is 5.66. The van der Waals surface area contributed by atoms with Crippen LogP contribution < -0.4 is 9.47 Å². The summed E-state index contributed by atoms with van der Waals surface area (Å²) in [5, 5.41) is 0. The van der Waals surface area contributed by atoms with Gasteiger partial charge in [-0.05, 0) is 31.0 Å². The van der Waals surface area contributed by atoms with Crippen LogP contribution in [0.1, 0.15) is 26.7 Å². The van der Waals surface area contributed by atoms with Crippen LogP contribution in [0, 0.1) is 6.07 Å². The number of ether oxygens (including phenoxy) is 2. The molecule has 1 rings (SSSR count). The highest BCUT2D eigenvalue weighted by atomic mass is 16.5. The van der Waals surface area contributed by atoms with Gasteiger partial charge in [-0.15, -0.1) is 0 Å². The van der Waals surface area contributed by atoms with E-state index in [2.05, 4.69) is 19.9 Å². The SMILES string of the molecule is CCCOc1[c]cc(OCCC)cc1. The molecule has 0 aliphatic carbocycles. The minimum absolute atomic E-state index is 0.742. The third-order valence-electron chi connectivity index (χ3n) is 1.69. The second-order valence-electron chi connectivity index (χ2n) is 3.09. The van der Waals surface area contributed by atoms with Gasteiger partial charge in [0.05, 0.1) is 13.2 Å². The van der Waals surface area contributed by atoms with Crippen molar-refractivity contribution in [3.8, 4) is 11.5 Å². The molecule has 0 bridgehead atoms. The van der Waals surface area contributed by atoms with Crippen molar-refractivity contribution in [2.45, 2.75) is 26.7 Å². The summed E-state index contributed by atoms with van der Waals surface area (Å²) in [5.41, 5.74) is 0. The van der Waals surface area contributed by atoms with Gasteiger partial charge in [0.25, 0.3) is 0 Å². The second-order valence-corrected chi connectivity index (χ2v) is 3.09. The lowest BCUT2D eigenvalue weighted by molar-refractivity contribution is 0.308. The van der Waals surface area contributed by atoms with Crippen LogP contribution in [0.2, 0.25) is 0 Å². The average molecular weight is 193 g/mol. The lowest BCUT2D eigenvalue weighted by Crippen LogP contribution is -1.97. The number of rotatable bonds is 6. The van der Waals surface area contributed by atoms with Crippen LogP contribution in [0.4, 0.5) is 0 Å². The third kappa shape index (κ3) is 3.69. The van der Waals surface area contributed by atoms with Crippen LogP contribution in [0.3, 0.4) is 0 Å². The normalized spacial score (nSPS) is 9.86. The predicted molar refractivity (Wildman–Crippen MR) is 56.9 cm³/mol. The summed E-state index contributed by atoms with van der Waals surface area (Å²) >= 11 is 0. The second kappa shape index (κ2) is 6.30. The van der Waals surface area contributed by atoms with E-state index in [1.54, 1.807) is 0 Å². The molecule has 1 aromatic carbocycles. The molecule has 2 nitrogen and oxygen atoms in total. The van der Waals surface area contributed by atoms with Crippen molar-refractivity contribution in [3.05, 3.63) is 24.3 Å². The molecule has 0 heterocycles. The summed E-state index contributed by atoms with van der Waals surface area (Å²) in [7, 11) is 0. The van der Waals surface area contributed by atoms with Gasteiger partial charge in [-0.25, -0.2) is 0 Å². The van der Waals surface area contributed by atoms with Crippen LogP contribution in [0.25, 0.3) is 0 Å². The first-order chi connectivity index (χ1) is 6.86. The highest BCUT2D eigenvalue weighted by Crippen LogP contribution is 2.16. The first-order valence-corrected chi connectivity index (χ1v) is 5.14. The van der Waals surface area contributed by atoms with E-state index in [1.807, 2.05) is 18.2 Å². The molecule has 0 N–H and O–H groups in total. The quantitative estimate of drug-likeness (QED) is 0.691. The Labute approximate surface area is 85.8 Å². The molecule has 0 unspecified atom stereocenters. The Morgan fingerprint density at radius 2 is 1.79 bits per heavy atom.